The first-order valence-corrected chi connectivity index (χ1v) is 12.8. The molecule has 3 unspecified atom stereocenters. The van der Waals surface area contributed by atoms with Gasteiger partial charge in [-0.05, 0) is 12.8 Å². The Kier molecular flexibility index (Phi) is 6.77. The molecule has 1 aliphatic heterocycles. The first-order chi connectivity index (χ1) is 13.9. The van der Waals surface area contributed by atoms with Crippen molar-refractivity contribution in [3.63, 3.8) is 0 Å². The topological polar surface area (TPSA) is 233 Å². The molecule has 6 N–H and O–H groups in total. The molecule has 0 saturated carbocycles. The SMILES string of the molecule is COP(=O)(OC[C@@H]1CC[C@H](n2cnc3c(N)ncnc32)O1)OP(=O)(O)OP(N)(=O)O. The van der Waals surface area contributed by atoms with E-state index in [0.29, 0.717) is 24.0 Å². The Morgan fingerprint density at radius 3 is 2.63 bits per heavy atom. The number of imidazole rings is 1. The summed E-state index contributed by atoms with van der Waals surface area (Å²) in [5, 5.41) is 0. The Bertz CT molecular complexity index is 1060. The minimum absolute atomic E-state index is 0.218. The quantitative estimate of drug-likeness (QED) is 0.361. The summed E-state index contributed by atoms with van der Waals surface area (Å²) in [5.41, 5.74) is 11.3. The van der Waals surface area contributed by atoms with Crippen LogP contribution in [0.2, 0.25) is 0 Å². The Labute approximate surface area is 169 Å². The van der Waals surface area contributed by atoms with Crippen molar-refractivity contribution >= 4 is 40.4 Å². The molecule has 16 nitrogen and oxygen atoms in total. The number of rotatable bonds is 9. The molecule has 2 aromatic rings. The number of hydrogen-bond acceptors (Lipinski definition) is 12. The fraction of sp³-hybridized carbons (Fsp3) is 0.545. The lowest BCUT2D eigenvalue weighted by atomic mass is 10.2. The van der Waals surface area contributed by atoms with Gasteiger partial charge in [-0.15, -0.1) is 0 Å². The van der Waals surface area contributed by atoms with Gasteiger partial charge in [0.05, 0.1) is 19.0 Å². The third-order valence-electron chi connectivity index (χ3n) is 3.85. The molecule has 30 heavy (non-hydrogen) atoms. The van der Waals surface area contributed by atoms with E-state index in [0.717, 1.165) is 7.11 Å². The summed E-state index contributed by atoms with van der Waals surface area (Å²) in [5.74, 6) is 0.218. The number of hydrogen-bond donors (Lipinski definition) is 4. The number of nitrogens with two attached hydrogens (primary N) is 2. The predicted molar refractivity (Wildman–Crippen MR) is 99.5 cm³/mol. The molecule has 0 spiro atoms. The maximum atomic E-state index is 12.4. The third kappa shape index (κ3) is 5.69. The van der Waals surface area contributed by atoms with Gasteiger partial charge in [0, 0.05) is 7.11 Å². The number of nitrogen functional groups attached to an aromatic ring is 1. The largest absolute Gasteiger partial charge is 0.489 e. The van der Waals surface area contributed by atoms with Crippen LogP contribution >= 0.6 is 23.4 Å². The van der Waals surface area contributed by atoms with E-state index in [-0.39, 0.29) is 12.4 Å². The monoisotopic (exact) mass is 488 g/mol. The first kappa shape index (κ1) is 23.4. The Balaban J connectivity index is 1.62. The lowest BCUT2D eigenvalue weighted by Gasteiger charge is -2.21. The van der Waals surface area contributed by atoms with Gasteiger partial charge in [0.1, 0.15) is 18.1 Å². The molecule has 0 radical (unpaired) electrons. The van der Waals surface area contributed by atoms with Crippen LogP contribution in [-0.4, -0.2) is 49.1 Å². The normalized spacial score (nSPS) is 25.6. The average Bonchev–Trinajstić information content (AvgIpc) is 3.24. The highest BCUT2D eigenvalue weighted by molar-refractivity contribution is 7.67. The molecule has 5 atom stereocenters. The van der Waals surface area contributed by atoms with E-state index < -0.39 is 35.7 Å². The molecule has 1 aliphatic rings. The molecular weight excluding hydrogens is 469 g/mol. The van der Waals surface area contributed by atoms with Crippen LogP contribution in [0.4, 0.5) is 5.82 Å². The van der Waals surface area contributed by atoms with Gasteiger partial charge in [-0.3, -0.25) is 13.6 Å². The second kappa shape index (κ2) is 8.69. The van der Waals surface area contributed by atoms with Crippen LogP contribution in [0.25, 0.3) is 11.2 Å². The van der Waals surface area contributed by atoms with Gasteiger partial charge in [-0.1, -0.05) is 0 Å². The van der Waals surface area contributed by atoms with E-state index in [2.05, 4.69) is 33.6 Å². The molecule has 0 aliphatic carbocycles. The molecular formula is C11H19N6O10P3. The Morgan fingerprint density at radius 1 is 1.23 bits per heavy atom. The molecule has 168 valence electrons. The van der Waals surface area contributed by atoms with Crippen molar-refractivity contribution in [3.05, 3.63) is 12.7 Å². The van der Waals surface area contributed by atoms with Crippen molar-refractivity contribution in [2.24, 2.45) is 5.50 Å². The van der Waals surface area contributed by atoms with Crippen molar-refractivity contribution in [1.29, 1.82) is 0 Å². The van der Waals surface area contributed by atoms with Gasteiger partial charge in [0.15, 0.2) is 11.5 Å². The highest BCUT2D eigenvalue weighted by Crippen LogP contribution is 2.67. The minimum atomic E-state index is -5.33. The summed E-state index contributed by atoms with van der Waals surface area (Å²) >= 11 is 0. The van der Waals surface area contributed by atoms with Crippen molar-refractivity contribution in [2.45, 2.75) is 25.2 Å². The van der Waals surface area contributed by atoms with Crippen molar-refractivity contribution < 1.29 is 45.9 Å². The number of phosphoric ester groups is 1. The van der Waals surface area contributed by atoms with Gasteiger partial charge < -0.3 is 20.3 Å². The lowest BCUT2D eigenvalue weighted by Crippen LogP contribution is -2.16. The van der Waals surface area contributed by atoms with Crippen LogP contribution < -0.4 is 11.2 Å². The molecule has 1 fully saturated rings. The summed E-state index contributed by atoms with van der Waals surface area (Å²) in [6.45, 7) is -0.356. The Hall–Kier alpha value is -1.28. The lowest BCUT2D eigenvalue weighted by molar-refractivity contribution is -0.0213. The fourth-order valence-corrected chi connectivity index (χ4v) is 6.16. The number of anilines is 1. The zero-order valence-corrected chi connectivity index (χ0v) is 18.1. The summed E-state index contributed by atoms with van der Waals surface area (Å²) in [6.07, 6.45) is 2.67. The predicted octanol–water partition coefficient (Wildman–Crippen LogP) is 1.05. The number of ether oxygens (including phenoxy) is 1. The summed E-state index contributed by atoms with van der Waals surface area (Å²) in [6, 6.07) is 0. The molecule has 1 saturated heterocycles. The minimum Gasteiger partial charge on any atom is -0.382 e. The summed E-state index contributed by atoms with van der Waals surface area (Å²) in [7, 11) is -14.0. The molecule has 3 heterocycles. The smallest absolute Gasteiger partial charge is 0.382 e. The van der Waals surface area contributed by atoms with E-state index in [9.17, 15) is 18.6 Å². The van der Waals surface area contributed by atoms with Gasteiger partial charge in [-0.2, -0.15) is 8.62 Å². The molecule has 2 aromatic heterocycles. The second-order valence-electron chi connectivity index (χ2n) is 5.99. The van der Waals surface area contributed by atoms with E-state index >= 15 is 0 Å². The zero-order chi connectivity index (χ0) is 22.2. The number of fused-ring (bicyclic) bond motifs is 1. The molecule has 0 amide bonds. The maximum absolute atomic E-state index is 12.4. The average molecular weight is 488 g/mol. The van der Waals surface area contributed by atoms with Crippen molar-refractivity contribution in [3.8, 4) is 0 Å². The number of aromatic nitrogens is 4. The van der Waals surface area contributed by atoms with Crippen LogP contribution in [0.5, 0.6) is 0 Å². The van der Waals surface area contributed by atoms with Crippen LogP contribution in [0, 0.1) is 0 Å². The van der Waals surface area contributed by atoms with E-state index in [4.69, 9.17) is 19.9 Å². The van der Waals surface area contributed by atoms with Crippen LogP contribution in [0.3, 0.4) is 0 Å². The van der Waals surface area contributed by atoms with Gasteiger partial charge in [0.2, 0.25) is 0 Å². The van der Waals surface area contributed by atoms with Gasteiger partial charge >= 0.3 is 23.4 Å². The standard InChI is InChI=1S/C11H19N6O10P3/c1-23-30(22,27-29(20,21)26-28(13,18)19)24-4-7-2-3-8(25-7)17-6-16-9-10(12)14-5-15-11(9)17/h5-8H,2-4H2,1H3,(H,20,21)(H2,12,14,15)(H3,13,18,19)/t7-,8+,30?/m0/s1. The van der Waals surface area contributed by atoms with E-state index in [1.807, 2.05) is 0 Å². The summed E-state index contributed by atoms with van der Waals surface area (Å²) < 4.78 is 59.9. The first-order valence-electron chi connectivity index (χ1n) is 8.17. The Morgan fingerprint density at radius 2 is 1.97 bits per heavy atom. The highest BCUT2D eigenvalue weighted by Gasteiger charge is 2.42. The van der Waals surface area contributed by atoms with E-state index in [1.165, 1.54) is 12.7 Å². The van der Waals surface area contributed by atoms with E-state index in [1.54, 1.807) is 4.57 Å². The molecule has 3 rings (SSSR count). The maximum Gasteiger partial charge on any atom is 0.489 e. The zero-order valence-electron chi connectivity index (χ0n) is 15.4. The molecule has 0 aromatic carbocycles. The summed E-state index contributed by atoms with van der Waals surface area (Å²) in [4.78, 5) is 30.4. The van der Waals surface area contributed by atoms with Gasteiger partial charge in [-0.25, -0.2) is 34.2 Å². The fourth-order valence-electron chi connectivity index (χ4n) is 2.67. The highest BCUT2D eigenvalue weighted by atomic mass is 31.3. The second-order valence-corrected chi connectivity index (χ2v) is 10.9. The van der Waals surface area contributed by atoms with Crippen LogP contribution in [0.1, 0.15) is 19.1 Å². The molecule has 0 bridgehead atoms. The van der Waals surface area contributed by atoms with Crippen LogP contribution in [-0.2, 0) is 36.1 Å². The van der Waals surface area contributed by atoms with Crippen LogP contribution in [0.15, 0.2) is 12.7 Å². The number of nitrogens with zero attached hydrogens (tertiary/aromatic N) is 4. The molecule has 19 heteroatoms. The number of phosphoric acid groups is 2. The van der Waals surface area contributed by atoms with Crippen molar-refractivity contribution in [2.75, 3.05) is 19.5 Å². The van der Waals surface area contributed by atoms with Gasteiger partial charge in [0.25, 0.3) is 0 Å². The van der Waals surface area contributed by atoms with Crippen molar-refractivity contribution in [1.82, 2.24) is 19.5 Å². The third-order valence-corrected chi connectivity index (χ3v) is 8.15.